The molecule has 0 aliphatic rings. The van der Waals surface area contributed by atoms with E-state index >= 15 is 0 Å². The molecule has 2 nitrogen and oxygen atoms in total. The molecule has 0 bridgehead atoms. The van der Waals surface area contributed by atoms with Gasteiger partial charge in [-0.05, 0) is 36.7 Å². The summed E-state index contributed by atoms with van der Waals surface area (Å²) in [5.74, 6) is 0. The van der Waals surface area contributed by atoms with Crippen LogP contribution in [0.5, 0.6) is 0 Å². The minimum atomic E-state index is 0.349. The molecule has 1 aromatic carbocycles. The number of aromatic nitrogens is 1. The second-order valence-corrected chi connectivity index (χ2v) is 4.09. The summed E-state index contributed by atoms with van der Waals surface area (Å²) in [5.41, 5.74) is 2.34. The van der Waals surface area contributed by atoms with Gasteiger partial charge in [0.25, 0.3) is 0 Å². The Kier molecular flexibility index (Phi) is 3.89. The molecule has 0 saturated heterocycles. The molecule has 2 heteroatoms. The Morgan fingerprint density at radius 2 is 2.29 bits per heavy atom. The van der Waals surface area contributed by atoms with Gasteiger partial charge < -0.3 is 5.32 Å². The summed E-state index contributed by atoms with van der Waals surface area (Å²) < 4.78 is 0. The van der Waals surface area contributed by atoms with Gasteiger partial charge in [0.2, 0.25) is 0 Å². The van der Waals surface area contributed by atoms with Crippen LogP contribution in [-0.2, 0) is 0 Å². The van der Waals surface area contributed by atoms with Gasteiger partial charge in [0.05, 0.1) is 5.52 Å². The highest BCUT2D eigenvalue weighted by molar-refractivity contribution is 5.79. The third kappa shape index (κ3) is 2.71. The van der Waals surface area contributed by atoms with Crippen molar-refractivity contribution in [1.29, 1.82) is 0 Å². The monoisotopic (exact) mass is 226 g/mol. The number of nitrogens with zero attached hydrogens (tertiary/aromatic N) is 1. The molecule has 0 fully saturated rings. The maximum Gasteiger partial charge on any atom is 0.0702 e. The first-order chi connectivity index (χ1) is 8.35. The van der Waals surface area contributed by atoms with Gasteiger partial charge in [-0.25, -0.2) is 0 Å². The van der Waals surface area contributed by atoms with Gasteiger partial charge in [0.1, 0.15) is 0 Å². The number of hydrogen-bond donors (Lipinski definition) is 1. The third-order valence-corrected chi connectivity index (χ3v) is 2.88. The van der Waals surface area contributed by atoms with E-state index in [2.05, 4.69) is 48.1 Å². The number of pyridine rings is 1. The van der Waals surface area contributed by atoms with Gasteiger partial charge in [-0.15, -0.1) is 6.58 Å². The molecule has 2 aromatic rings. The summed E-state index contributed by atoms with van der Waals surface area (Å²) in [6.07, 6.45) is 4.73. The van der Waals surface area contributed by atoms with E-state index in [1.165, 1.54) is 10.9 Å². The smallest absolute Gasteiger partial charge is 0.0702 e. The van der Waals surface area contributed by atoms with E-state index in [0.29, 0.717) is 6.04 Å². The first-order valence-electron chi connectivity index (χ1n) is 6.04. The zero-order valence-electron chi connectivity index (χ0n) is 10.2. The Hall–Kier alpha value is -1.67. The maximum absolute atomic E-state index is 4.33. The maximum atomic E-state index is 4.33. The summed E-state index contributed by atoms with van der Waals surface area (Å²) >= 11 is 0. The fraction of sp³-hybridized carbons (Fsp3) is 0.267. The number of rotatable bonds is 5. The highest BCUT2D eigenvalue weighted by Gasteiger charge is 2.08. The van der Waals surface area contributed by atoms with Gasteiger partial charge in [0.15, 0.2) is 0 Å². The fourth-order valence-corrected chi connectivity index (χ4v) is 2.06. The van der Waals surface area contributed by atoms with E-state index in [1.54, 1.807) is 0 Å². The van der Waals surface area contributed by atoms with Crippen LogP contribution < -0.4 is 5.32 Å². The topological polar surface area (TPSA) is 24.9 Å². The quantitative estimate of drug-likeness (QED) is 0.790. The third-order valence-electron chi connectivity index (χ3n) is 2.88. The van der Waals surface area contributed by atoms with Crippen LogP contribution in [0.1, 0.15) is 24.9 Å². The predicted octanol–water partition coefficient (Wildman–Crippen LogP) is 3.46. The lowest BCUT2D eigenvalue weighted by atomic mass is 10.0. The van der Waals surface area contributed by atoms with Crippen LogP contribution in [0.2, 0.25) is 0 Å². The van der Waals surface area contributed by atoms with Crippen LogP contribution in [0.4, 0.5) is 0 Å². The van der Waals surface area contributed by atoms with Crippen molar-refractivity contribution in [2.75, 3.05) is 6.54 Å². The van der Waals surface area contributed by atoms with Crippen LogP contribution in [0.15, 0.2) is 49.2 Å². The van der Waals surface area contributed by atoms with Crippen molar-refractivity contribution in [1.82, 2.24) is 10.3 Å². The molecule has 0 saturated carbocycles. The van der Waals surface area contributed by atoms with E-state index in [9.17, 15) is 0 Å². The number of hydrogen-bond acceptors (Lipinski definition) is 2. The van der Waals surface area contributed by atoms with Crippen molar-refractivity contribution in [2.45, 2.75) is 19.4 Å². The molecular formula is C15H18N2. The van der Waals surface area contributed by atoms with Crippen molar-refractivity contribution >= 4 is 10.9 Å². The Balaban J connectivity index is 2.35. The van der Waals surface area contributed by atoms with Crippen molar-refractivity contribution in [3.63, 3.8) is 0 Å². The number of nitrogens with one attached hydrogen (secondary N) is 1. The molecule has 0 radical (unpaired) electrons. The Morgan fingerprint density at radius 3 is 3.06 bits per heavy atom. The summed E-state index contributed by atoms with van der Waals surface area (Å²) in [6, 6.07) is 10.9. The zero-order valence-corrected chi connectivity index (χ0v) is 10.2. The summed E-state index contributed by atoms with van der Waals surface area (Å²) in [7, 11) is 0. The molecule has 1 atom stereocenters. The average Bonchev–Trinajstić information content (AvgIpc) is 2.38. The molecule has 1 N–H and O–H groups in total. The highest BCUT2D eigenvalue weighted by atomic mass is 14.9. The van der Waals surface area contributed by atoms with Crippen LogP contribution in [-0.4, -0.2) is 11.5 Å². The minimum Gasteiger partial charge on any atom is -0.310 e. The molecule has 0 amide bonds. The second-order valence-electron chi connectivity index (χ2n) is 4.09. The largest absolute Gasteiger partial charge is 0.310 e. The summed E-state index contributed by atoms with van der Waals surface area (Å²) in [5, 5.41) is 4.66. The predicted molar refractivity (Wildman–Crippen MR) is 73.0 cm³/mol. The minimum absolute atomic E-state index is 0.349. The lowest BCUT2D eigenvalue weighted by Gasteiger charge is -2.16. The van der Waals surface area contributed by atoms with Crippen molar-refractivity contribution in [3.05, 3.63) is 54.7 Å². The zero-order chi connectivity index (χ0) is 12.1. The van der Waals surface area contributed by atoms with E-state index in [-0.39, 0.29) is 0 Å². The second kappa shape index (κ2) is 5.60. The number of fused-ring (bicyclic) bond motifs is 1. The summed E-state index contributed by atoms with van der Waals surface area (Å²) in [6.45, 7) is 6.90. The van der Waals surface area contributed by atoms with Gasteiger partial charge in [-0.2, -0.15) is 0 Å². The van der Waals surface area contributed by atoms with Crippen LogP contribution in [0.25, 0.3) is 10.9 Å². The van der Waals surface area contributed by atoms with Crippen molar-refractivity contribution < 1.29 is 0 Å². The molecule has 1 unspecified atom stereocenters. The van der Waals surface area contributed by atoms with Crippen LogP contribution >= 0.6 is 0 Å². The molecule has 0 aliphatic carbocycles. The SMILES string of the molecule is C=CCC(NCC)c1ccc2ncccc2c1. The van der Waals surface area contributed by atoms with E-state index in [0.717, 1.165) is 18.5 Å². The van der Waals surface area contributed by atoms with E-state index in [1.807, 2.05) is 18.3 Å². The molecule has 88 valence electrons. The standard InChI is InChI=1S/C15H18N2/c1-3-6-14(16-4-2)13-8-9-15-12(11-13)7-5-10-17-15/h3,5,7-11,14,16H,1,4,6H2,2H3. The first kappa shape index (κ1) is 11.8. The van der Waals surface area contributed by atoms with E-state index < -0.39 is 0 Å². The Morgan fingerprint density at radius 1 is 1.41 bits per heavy atom. The molecule has 0 aliphatic heterocycles. The molecule has 2 rings (SSSR count). The van der Waals surface area contributed by atoms with Crippen molar-refractivity contribution in [3.8, 4) is 0 Å². The number of benzene rings is 1. The average molecular weight is 226 g/mol. The van der Waals surface area contributed by atoms with Gasteiger partial charge in [-0.3, -0.25) is 4.98 Å². The Bertz CT molecular complexity index is 505. The normalized spacial score (nSPS) is 12.5. The van der Waals surface area contributed by atoms with Crippen LogP contribution in [0.3, 0.4) is 0 Å². The van der Waals surface area contributed by atoms with Crippen LogP contribution in [0, 0.1) is 0 Å². The molecule has 0 spiro atoms. The first-order valence-corrected chi connectivity index (χ1v) is 6.04. The van der Waals surface area contributed by atoms with E-state index in [4.69, 9.17) is 0 Å². The highest BCUT2D eigenvalue weighted by Crippen LogP contribution is 2.21. The van der Waals surface area contributed by atoms with Crippen molar-refractivity contribution in [2.24, 2.45) is 0 Å². The lowest BCUT2D eigenvalue weighted by Crippen LogP contribution is -2.20. The molecule has 17 heavy (non-hydrogen) atoms. The molecule has 1 heterocycles. The van der Waals surface area contributed by atoms with Gasteiger partial charge >= 0.3 is 0 Å². The fourth-order valence-electron chi connectivity index (χ4n) is 2.06. The summed E-state index contributed by atoms with van der Waals surface area (Å²) in [4.78, 5) is 4.33. The Labute approximate surface area is 102 Å². The molecular weight excluding hydrogens is 208 g/mol. The van der Waals surface area contributed by atoms with Gasteiger partial charge in [-0.1, -0.05) is 25.1 Å². The lowest BCUT2D eigenvalue weighted by molar-refractivity contribution is 0.559. The molecule has 1 aromatic heterocycles. The van der Waals surface area contributed by atoms with Gasteiger partial charge in [0, 0.05) is 17.6 Å².